The molecular weight excluding hydrogens is 400 g/mol. The lowest BCUT2D eigenvalue weighted by atomic mass is 10.2. The maximum Gasteiger partial charge on any atom is 0.257 e. The van der Waals surface area contributed by atoms with Gasteiger partial charge in [0.25, 0.3) is 5.91 Å². The molecule has 1 heterocycles. The minimum Gasteiger partial charge on any atom is -0.491 e. The van der Waals surface area contributed by atoms with Crippen LogP contribution in [0.5, 0.6) is 11.5 Å². The molecule has 0 saturated carbocycles. The summed E-state index contributed by atoms with van der Waals surface area (Å²) in [6, 6.07) is 14.4. The highest BCUT2D eigenvalue weighted by Crippen LogP contribution is 2.19. The minimum absolute atomic E-state index is 0.134. The Bertz CT molecular complexity index is 833. The van der Waals surface area contributed by atoms with E-state index in [1.807, 2.05) is 31.2 Å². The summed E-state index contributed by atoms with van der Waals surface area (Å²) in [6.45, 7) is 5.44. The highest BCUT2D eigenvalue weighted by atomic mass is 32.1. The number of thiocarbonyl (C=S) groups is 1. The monoisotopic (exact) mass is 428 g/mol. The lowest BCUT2D eigenvalue weighted by molar-refractivity contribution is 0.0679. The molecule has 7 heteroatoms. The van der Waals surface area contributed by atoms with Crippen LogP contribution in [0.2, 0.25) is 0 Å². The summed E-state index contributed by atoms with van der Waals surface area (Å²) in [4.78, 5) is 12.4. The zero-order chi connectivity index (χ0) is 21.3. The van der Waals surface area contributed by atoms with E-state index in [0.717, 1.165) is 43.1 Å². The minimum atomic E-state index is -0.279. The second kappa shape index (κ2) is 10.9. The summed E-state index contributed by atoms with van der Waals surface area (Å²) in [5.74, 6) is 1.23. The smallest absolute Gasteiger partial charge is 0.257 e. The van der Waals surface area contributed by atoms with Gasteiger partial charge in [-0.15, -0.1) is 0 Å². The molecule has 0 bridgehead atoms. The van der Waals surface area contributed by atoms with Gasteiger partial charge >= 0.3 is 0 Å². The Morgan fingerprint density at radius 3 is 2.50 bits per heavy atom. The van der Waals surface area contributed by atoms with Crippen molar-refractivity contribution in [3.63, 3.8) is 0 Å². The number of carbonyl (C=O) groups is 1. The molecule has 0 spiro atoms. The van der Waals surface area contributed by atoms with Gasteiger partial charge in [0.05, 0.1) is 12.2 Å². The maximum absolute atomic E-state index is 12.4. The third-order valence-corrected chi connectivity index (χ3v) is 5.03. The van der Waals surface area contributed by atoms with Crippen molar-refractivity contribution >= 4 is 28.9 Å². The molecule has 3 rings (SSSR count). The van der Waals surface area contributed by atoms with Gasteiger partial charge in [0.1, 0.15) is 18.1 Å². The first-order valence-electron chi connectivity index (χ1n) is 10.3. The zero-order valence-electron chi connectivity index (χ0n) is 17.4. The summed E-state index contributed by atoms with van der Waals surface area (Å²) in [6.07, 6.45) is 3.37. The Morgan fingerprint density at radius 1 is 1.17 bits per heavy atom. The third kappa shape index (κ3) is 6.71. The SMILES string of the molecule is CCC(C)Oc1ccc(C(=O)NC(=S)Nc2ccc(OCC3CCCO3)cc2)cc1. The van der Waals surface area contributed by atoms with Crippen LogP contribution < -0.4 is 20.1 Å². The number of benzene rings is 2. The second-order valence-electron chi connectivity index (χ2n) is 7.24. The molecule has 2 atom stereocenters. The Hall–Kier alpha value is -2.64. The van der Waals surface area contributed by atoms with Crippen LogP contribution in [0, 0.1) is 0 Å². The average molecular weight is 429 g/mol. The fourth-order valence-corrected chi connectivity index (χ4v) is 3.15. The molecule has 1 amide bonds. The maximum atomic E-state index is 12.4. The Labute approximate surface area is 182 Å². The van der Waals surface area contributed by atoms with Crippen molar-refractivity contribution in [1.29, 1.82) is 0 Å². The number of nitrogens with one attached hydrogen (secondary N) is 2. The van der Waals surface area contributed by atoms with Crippen molar-refractivity contribution < 1.29 is 19.0 Å². The van der Waals surface area contributed by atoms with E-state index in [1.54, 1.807) is 24.3 Å². The number of rotatable bonds is 8. The summed E-state index contributed by atoms with van der Waals surface area (Å²) >= 11 is 5.25. The van der Waals surface area contributed by atoms with Gasteiger partial charge in [-0.1, -0.05) is 6.92 Å². The van der Waals surface area contributed by atoms with Gasteiger partial charge in [0.2, 0.25) is 0 Å². The van der Waals surface area contributed by atoms with Gasteiger partial charge < -0.3 is 19.5 Å². The number of anilines is 1. The van der Waals surface area contributed by atoms with E-state index < -0.39 is 0 Å². The highest BCUT2D eigenvalue weighted by Gasteiger charge is 2.16. The van der Waals surface area contributed by atoms with Gasteiger partial charge in [-0.25, -0.2) is 0 Å². The Kier molecular flexibility index (Phi) is 8.04. The van der Waals surface area contributed by atoms with Crippen LogP contribution in [0.1, 0.15) is 43.5 Å². The lowest BCUT2D eigenvalue weighted by Gasteiger charge is -2.14. The molecule has 0 aliphatic carbocycles. The number of amides is 1. The van der Waals surface area contributed by atoms with Crippen LogP contribution in [-0.4, -0.2) is 36.4 Å². The molecular formula is C23H28N2O4S. The molecule has 2 unspecified atom stereocenters. The molecule has 160 valence electrons. The van der Waals surface area contributed by atoms with Crippen LogP contribution in [0.15, 0.2) is 48.5 Å². The van der Waals surface area contributed by atoms with Crippen molar-refractivity contribution in [3.05, 3.63) is 54.1 Å². The summed E-state index contributed by atoms with van der Waals surface area (Å²) < 4.78 is 17.0. The second-order valence-corrected chi connectivity index (χ2v) is 7.65. The highest BCUT2D eigenvalue weighted by molar-refractivity contribution is 7.80. The van der Waals surface area contributed by atoms with E-state index in [2.05, 4.69) is 17.6 Å². The van der Waals surface area contributed by atoms with E-state index in [0.29, 0.717) is 12.2 Å². The molecule has 1 aliphatic rings. The fourth-order valence-electron chi connectivity index (χ4n) is 2.94. The van der Waals surface area contributed by atoms with Gasteiger partial charge in [0.15, 0.2) is 5.11 Å². The van der Waals surface area contributed by atoms with Crippen molar-refractivity contribution in [2.75, 3.05) is 18.5 Å². The van der Waals surface area contributed by atoms with Crippen molar-refractivity contribution in [3.8, 4) is 11.5 Å². The third-order valence-electron chi connectivity index (χ3n) is 4.83. The molecule has 1 aliphatic heterocycles. The first-order chi connectivity index (χ1) is 14.5. The van der Waals surface area contributed by atoms with E-state index >= 15 is 0 Å². The molecule has 2 aromatic rings. The summed E-state index contributed by atoms with van der Waals surface area (Å²) in [7, 11) is 0. The van der Waals surface area contributed by atoms with Crippen molar-refractivity contribution in [1.82, 2.24) is 5.32 Å². The molecule has 2 N–H and O–H groups in total. The van der Waals surface area contributed by atoms with Gasteiger partial charge in [-0.05, 0) is 86.9 Å². The first-order valence-corrected chi connectivity index (χ1v) is 10.7. The fraction of sp³-hybridized carbons (Fsp3) is 0.391. The molecule has 1 saturated heterocycles. The van der Waals surface area contributed by atoms with Gasteiger partial charge in [-0.2, -0.15) is 0 Å². The number of hydrogen-bond acceptors (Lipinski definition) is 5. The predicted molar refractivity (Wildman–Crippen MR) is 121 cm³/mol. The van der Waals surface area contributed by atoms with E-state index in [-0.39, 0.29) is 23.2 Å². The molecule has 1 fully saturated rings. The summed E-state index contributed by atoms with van der Waals surface area (Å²) in [5, 5.41) is 5.92. The van der Waals surface area contributed by atoms with E-state index in [4.69, 9.17) is 26.4 Å². The molecule has 0 aromatic heterocycles. The topological polar surface area (TPSA) is 68.8 Å². The van der Waals surface area contributed by atoms with E-state index in [1.165, 1.54) is 0 Å². The number of hydrogen-bond donors (Lipinski definition) is 2. The predicted octanol–water partition coefficient (Wildman–Crippen LogP) is 4.55. The van der Waals surface area contributed by atoms with Crippen LogP contribution in [0.4, 0.5) is 5.69 Å². The number of carbonyl (C=O) groups excluding carboxylic acids is 1. The zero-order valence-corrected chi connectivity index (χ0v) is 18.2. The largest absolute Gasteiger partial charge is 0.491 e. The standard InChI is InChI=1S/C23H28N2O4S/c1-3-16(2)29-20-10-6-17(7-11-20)22(26)25-23(30)24-18-8-12-19(13-9-18)28-15-21-5-4-14-27-21/h6-13,16,21H,3-5,14-15H2,1-2H3,(H2,24,25,26,30). The first kappa shape index (κ1) is 22.1. The average Bonchev–Trinajstić information content (AvgIpc) is 3.27. The van der Waals surface area contributed by atoms with Crippen LogP contribution in [0.3, 0.4) is 0 Å². The molecule has 2 aromatic carbocycles. The van der Waals surface area contributed by atoms with Gasteiger partial charge in [0, 0.05) is 17.9 Å². The van der Waals surface area contributed by atoms with Crippen LogP contribution in [-0.2, 0) is 4.74 Å². The van der Waals surface area contributed by atoms with Gasteiger partial charge in [-0.3, -0.25) is 10.1 Å². The Morgan fingerprint density at radius 2 is 1.87 bits per heavy atom. The van der Waals surface area contributed by atoms with Crippen LogP contribution >= 0.6 is 12.2 Å². The number of ether oxygens (including phenoxy) is 3. The molecule has 30 heavy (non-hydrogen) atoms. The van der Waals surface area contributed by atoms with Crippen molar-refractivity contribution in [2.24, 2.45) is 0 Å². The summed E-state index contributed by atoms with van der Waals surface area (Å²) in [5.41, 5.74) is 1.27. The molecule has 0 radical (unpaired) electrons. The normalized spacial score (nSPS) is 16.5. The van der Waals surface area contributed by atoms with Crippen LogP contribution in [0.25, 0.3) is 0 Å². The van der Waals surface area contributed by atoms with Crippen molar-refractivity contribution in [2.45, 2.75) is 45.3 Å². The lowest BCUT2D eigenvalue weighted by Crippen LogP contribution is -2.34. The molecule has 6 nitrogen and oxygen atoms in total. The van der Waals surface area contributed by atoms with E-state index in [9.17, 15) is 4.79 Å². The quantitative estimate of drug-likeness (QED) is 0.602. The Balaban J connectivity index is 1.45.